The number of fused-ring (bicyclic) bond motifs is 2. The molecule has 7 rings (SSSR count). The summed E-state index contributed by atoms with van der Waals surface area (Å²) in [4.78, 5) is 16.8. The first kappa shape index (κ1) is 23.5. The molecule has 0 fully saturated rings. The van der Waals surface area contributed by atoms with E-state index in [0.717, 1.165) is 56.3 Å². The number of hydrogen-bond donors (Lipinski definition) is 1. The molecule has 0 amide bonds. The molecule has 38 heavy (non-hydrogen) atoms. The molecule has 5 aromatic carbocycles. The van der Waals surface area contributed by atoms with Crippen molar-refractivity contribution in [3.05, 3.63) is 58.9 Å². The lowest BCUT2D eigenvalue weighted by Gasteiger charge is -2.14. The second-order valence-electron chi connectivity index (χ2n) is 11.2. The topological polar surface area (TPSA) is 55.1 Å². The van der Waals surface area contributed by atoms with Crippen LogP contribution in [0.4, 0.5) is 0 Å². The Hall–Kier alpha value is -3.66. The molecule has 1 N–H and O–H groups in total. The predicted octanol–water partition coefficient (Wildman–Crippen LogP) is 9.10. The molecule has 0 spiro atoms. The number of aromatic hydroxyl groups is 1. The van der Waals surface area contributed by atoms with Crippen molar-refractivity contribution in [2.24, 2.45) is 0 Å². The van der Waals surface area contributed by atoms with Gasteiger partial charge in [0, 0.05) is 33.5 Å². The quantitative estimate of drug-likeness (QED) is 0.109. The predicted molar refractivity (Wildman–Crippen MR) is 161 cm³/mol. The molecular formula is C34H34N2O2. The summed E-state index contributed by atoms with van der Waals surface area (Å²) in [5, 5.41) is 22.0. The number of rotatable bonds is 11. The Morgan fingerprint density at radius 1 is 0.605 bits per heavy atom. The molecule has 2 heterocycles. The summed E-state index contributed by atoms with van der Waals surface area (Å²) < 4.78 is 2.12. The molecule has 0 saturated heterocycles. The molecule has 0 radical (unpaired) electrons. The monoisotopic (exact) mass is 502 g/mol. The van der Waals surface area contributed by atoms with Gasteiger partial charge >= 0.3 is 0 Å². The Labute approximate surface area is 221 Å². The van der Waals surface area contributed by atoms with Crippen molar-refractivity contribution in [1.29, 1.82) is 0 Å². The van der Waals surface area contributed by atoms with Crippen molar-refractivity contribution >= 4 is 64.9 Å². The molecule has 0 aliphatic carbocycles. The van der Waals surface area contributed by atoms with Gasteiger partial charge in [-0.3, -0.25) is 4.79 Å². The van der Waals surface area contributed by atoms with E-state index in [0.29, 0.717) is 11.3 Å². The second-order valence-corrected chi connectivity index (χ2v) is 11.2. The van der Waals surface area contributed by atoms with E-state index in [1.807, 2.05) is 12.1 Å². The number of aromatic nitrogens is 2. The smallest absolute Gasteiger partial charge is 0.278 e. The van der Waals surface area contributed by atoms with Crippen molar-refractivity contribution in [1.82, 2.24) is 9.55 Å². The highest BCUT2D eigenvalue weighted by atomic mass is 16.3. The van der Waals surface area contributed by atoms with Crippen LogP contribution in [0.5, 0.6) is 5.88 Å². The first-order chi connectivity index (χ1) is 18.7. The molecule has 4 heteroatoms. The molecule has 0 unspecified atom stereocenters. The van der Waals surface area contributed by atoms with E-state index in [2.05, 4.69) is 52.9 Å². The Kier molecular flexibility index (Phi) is 5.72. The van der Waals surface area contributed by atoms with Crippen LogP contribution >= 0.6 is 0 Å². The molecule has 0 bridgehead atoms. The Balaban J connectivity index is 1.23. The SMILES string of the molecule is CCCCCCCCCCCCn1c(O)c2ccc3c4ccc5nc(=O)c6ccc(c7ccc1c2c37)c4c56. The van der Waals surface area contributed by atoms with Crippen molar-refractivity contribution in [2.45, 2.75) is 77.7 Å². The second kappa shape index (κ2) is 9.27. The standard InChI is InChI=1S/C34H34N2O2/c1-2-3-4-5-6-7-8-9-10-11-20-36-28-19-17-24-21-12-14-25-31-27(35-33(25)37)18-16-23(29(21)31)22-13-15-26(34(36)38)32(28)30(22)24/h12-19,38H,2-11,20H2,1H3. The highest BCUT2D eigenvalue weighted by Gasteiger charge is 2.22. The number of hydrogen-bond acceptors (Lipinski definition) is 3. The fraction of sp³-hybridized carbons (Fsp3) is 0.353. The first-order valence-corrected chi connectivity index (χ1v) is 14.5. The van der Waals surface area contributed by atoms with E-state index in [1.54, 1.807) is 0 Å². The zero-order chi connectivity index (χ0) is 25.8. The van der Waals surface area contributed by atoms with E-state index < -0.39 is 0 Å². The van der Waals surface area contributed by atoms with Crippen LogP contribution in [-0.2, 0) is 6.54 Å². The normalized spacial score (nSPS) is 12.7. The highest BCUT2D eigenvalue weighted by Crippen LogP contribution is 2.47. The van der Waals surface area contributed by atoms with Crippen LogP contribution in [0.25, 0.3) is 64.9 Å². The first-order valence-electron chi connectivity index (χ1n) is 14.5. The third-order valence-corrected chi connectivity index (χ3v) is 8.83. The van der Waals surface area contributed by atoms with Gasteiger partial charge in [0.2, 0.25) is 0 Å². The third-order valence-electron chi connectivity index (χ3n) is 8.83. The van der Waals surface area contributed by atoms with E-state index in [-0.39, 0.29) is 5.56 Å². The molecule has 0 aliphatic heterocycles. The molecular weight excluding hydrogens is 468 g/mol. The Morgan fingerprint density at radius 2 is 1.13 bits per heavy atom. The summed E-state index contributed by atoms with van der Waals surface area (Å²) in [6, 6.07) is 16.7. The summed E-state index contributed by atoms with van der Waals surface area (Å²) in [6.07, 6.45) is 13.0. The average Bonchev–Trinajstić information content (AvgIpc) is 3.42. The van der Waals surface area contributed by atoms with Gasteiger partial charge in [0.25, 0.3) is 5.56 Å². The lowest BCUT2D eigenvalue weighted by molar-refractivity contribution is 0.419. The number of benzene rings is 5. The third kappa shape index (κ3) is 3.42. The van der Waals surface area contributed by atoms with Crippen molar-refractivity contribution in [3.63, 3.8) is 0 Å². The Bertz CT molecular complexity index is 1930. The van der Waals surface area contributed by atoms with Crippen LogP contribution in [0.15, 0.2) is 53.3 Å². The molecule has 2 aromatic heterocycles. The molecule has 7 aromatic rings. The van der Waals surface area contributed by atoms with Crippen molar-refractivity contribution < 1.29 is 5.11 Å². The van der Waals surface area contributed by atoms with Crippen LogP contribution in [0.2, 0.25) is 0 Å². The number of unbranched alkanes of at least 4 members (excludes halogenated alkanes) is 9. The van der Waals surface area contributed by atoms with E-state index >= 15 is 0 Å². The van der Waals surface area contributed by atoms with Crippen molar-refractivity contribution in [2.75, 3.05) is 0 Å². The van der Waals surface area contributed by atoms with E-state index in [9.17, 15) is 9.90 Å². The molecule has 4 nitrogen and oxygen atoms in total. The minimum absolute atomic E-state index is 0.148. The van der Waals surface area contributed by atoms with Crippen molar-refractivity contribution in [3.8, 4) is 5.88 Å². The fourth-order valence-corrected chi connectivity index (χ4v) is 6.95. The van der Waals surface area contributed by atoms with E-state index in [1.165, 1.54) is 73.9 Å². The average molecular weight is 503 g/mol. The number of aryl methyl sites for hydroxylation is 1. The maximum atomic E-state index is 12.5. The number of nitrogens with zero attached hydrogens (tertiary/aromatic N) is 2. The van der Waals surface area contributed by atoms with Crippen LogP contribution < -0.4 is 5.56 Å². The fourth-order valence-electron chi connectivity index (χ4n) is 6.95. The molecule has 0 saturated carbocycles. The summed E-state index contributed by atoms with van der Waals surface area (Å²) in [7, 11) is 0. The Morgan fingerprint density at radius 3 is 1.82 bits per heavy atom. The summed E-state index contributed by atoms with van der Waals surface area (Å²) in [6.45, 7) is 3.11. The van der Waals surface area contributed by atoms with Gasteiger partial charge in [0.05, 0.1) is 16.4 Å². The maximum absolute atomic E-state index is 12.5. The zero-order valence-corrected chi connectivity index (χ0v) is 22.1. The van der Waals surface area contributed by atoms with Gasteiger partial charge in [0.15, 0.2) is 5.88 Å². The summed E-state index contributed by atoms with van der Waals surface area (Å²) in [5.74, 6) is 0.378. The van der Waals surface area contributed by atoms with Crippen LogP contribution in [0, 0.1) is 0 Å². The van der Waals surface area contributed by atoms with Gasteiger partial charge < -0.3 is 9.67 Å². The lowest BCUT2D eigenvalue weighted by Crippen LogP contribution is -1.97. The summed E-state index contributed by atoms with van der Waals surface area (Å²) in [5.41, 5.74) is 1.73. The minimum atomic E-state index is -0.148. The van der Waals surface area contributed by atoms with Crippen LogP contribution in [-0.4, -0.2) is 14.7 Å². The van der Waals surface area contributed by atoms with E-state index in [4.69, 9.17) is 0 Å². The zero-order valence-electron chi connectivity index (χ0n) is 22.1. The van der Waals surface area contributed by atoms with Gasteiger partial charge in [0.1, 0.15) is 0 Å². The van der Waals surface area contributed by atoms with Crippen LogP contribution in [0.1, 0.15) is 71.1 Å². The lowest BCUT2D eigenvalue weighted by atomic mass is 9.88. The summed E-state index contributed by atoms with van der Waals surface area (Å²) >= 11 is 0. The molecule has 0 aliphatic rings. The molecule has 0 atom stereocenters. The maximum Gasteiger partial charge on any atom is 0.278 e. The van der Waals surface area contributed by atoms with Gasteiger partial charge in [-0.05, 0) is 52.2 Å². The molecule has 192 valence electrons. The van der Waals surface area contributed by atoms with Crippen LogP contribution in [0.3, 0.4) is 0 Å². The van der Waals surface area contributed by atoms with Gasteiger partial charge in [-0.2, -0.15) is 0 Å². The highest BCUT2D eigenvalue weighted by molar-refractivity contribution is 6.39. The van der Waals surface area contributed by atoms with Gasteiger partial charge in [-0.15, -0.1) is 0 Å². The largest absolute Gasteiger partial charge is 0.494 e. The minimum Gasteiger partial charge on any atom is -0.494 e. The van der Waals surface area contributed by atoms with Gasteiger partial charge in [-0.1, -0.05) is 89.0 Å². The van der Waals surface area contributed by atoms with Gasteiger partial charge in [-0.25, -0.2) is 4.98 Å².